The molecule has 2 aromatic rings. The number of nitrogens with one attached hydrogen (secondary N) is 2. The molecule has 0 bridgehead atoms. The predicted molar refractivity (Wildman–Crippen MR) is 101 cm³/mol. The van der Waals surface area contributed by atoms with Gasteiger partial charge in [-0.1, -0.05) is 18.2 Å². The van der Waals surface area contributed by atoms with Crippen molar-refractivity contribution in [3.63, 3.8) is 0 Å². The van der Waals surface area contributed by atoms with Crippen molar-refractivity contribution in [3.05, 3.63) is 59.5 Å². The van der Waals surface area contributed by atoms with E-state index >= 15 is 0 Å². The van der Waals surface area contributed by atoms with Crippen LogP contribution in [0.3, 0.4) is 0 Å². The van der Waals surface area contributed by atoms with E-state index in [1.165, 1.54) is 0 Å². The highest BCUT2D eigenvalue weighted by Crippen LogP contribution is 2.29. The number of nitrogens with zero attached hydrogens (tertiary/aromatic N) is 1. The fraction of sp³-hybridized carbons (Fsp3) is 0.381. The lowest BCUT2D eigenvalue weighted by Gasteiger charge is -2.32. The zero-order valence-corrected chi connectivity index (χ0v) is 15.5. The molecule has 1 fully saturated rings. The van der Waals surface area contributed by atoms with Crippen molar-refractivity contribution in [1.82, 2.24) is 15.5 Å². The Morgan fingerprint density at radius 2 is 1.93 bits per heavy atom. The summed E-state index contributed by atoms with van der Waals surface area (Å²) in [5.41, 5.74) is 1.53. The number of furan rings is 1. The van der Waals surface area contributed by atoms with Crippen LogP contribution >= 0.6 is 0 Å². The topological polar surface area (TPSA) is 91.7 Å². The van der Waals surface area contributed by atoms with Crippen LogP contribution in [-0.4, -0.2) is 35.7 Å². The molecule has 3 amide bonds. The van der Waals surface area contributed by atoms with E-state index in [0.29, 0.717) is 38.0 Å². The molecule has 1 unspecified atom stereocenters. The van der Waals surface area contributed by atoms with Crippen LogP contribution in [0, 0.1) is 5.92 Å². The third-order valence-corrected chi connectivity index (χ3v) is 5.50. The van der Waals surface area contributed by atoms with E-state index in [4.69, 9.17) is 4.42 Å². The smallest absolute Gasteiger partial charge is 0.252 e. The number of hydrogen-bond donors (Lipinski definition) is 2. The van der Waals surface area contributed by atoms with Crippen LogP contribution < -0.4 is 10.6 Å². The number of likely N-dealkylation sites (tertiary alicyclic amines) is 1. The maximum atomic E-state index is 12.7. The van der Waals surface area contributed by atoms with Crippen LogP contribution in [0.1, 0.15) is 47.0 Å². The highest BCUT2D eigenvalue weighted by molar-refractivity contribution is 5.99. The first-order valence-electron chi connectivity index (χ1n) is 9.59. The van der Waals surface area contributed by atoms with Gasteiger partial charge in [0.25, 0.3) is 5.91 Å². The van der Waals surface area contributed by atoms with Gasteiger partial charge in [0, 0.05) is 24.6 Å². The summed E-state index contributed by atoms with van der Waals surface area (Å²) in [6, 6.07) is 10.7. The first-order valence-corrected chi connectivity index (χ1v) is 9.59. The molecule has 0 saturated carbocycles. The van der Waals surface area contributed by atoms with Crippen LogP contribution in [0.2, 0.25) is 0 Å². The molecule has 0 spiro atoms. The van der Waals surface area contributed by atoms with Gasteiger partial charge in [-0.15, -0.1) is 0 Å². The third-order valence-electron chi connectivity index (χ3n) is 5.50. The highest BCUT2D eigenvalue weighted by Gasteiger charge is 2.33. The summed E-state index contributed by atoms with van der Waals surface area (Å²) in [5, 5.41) is 5.78. The van der Waals surface area contributed by atoms with Crippen LogP contribution in [0.4, 0.5) is 0 Å². The van der Waals surface area contributed by atoms with Gasteiger partial charge < -0.3 is 20.0 Å². The molecule has 7 nitrogen and oxygen atoms in total. The number of rotatable bonds is 5. The van der Waals surface area contributed by atoms with Gasteiger partial charge in [0.2, 0.25) is 11.8 Å². The van der Waals surface area contributed by atoms with Crippen LogP contribution in [-0.2, 0) is 16.1 Å². The van der Waals surface area contributed by atoms with E-state index in [2.05, 4.69) is 10.6 Å². The maximum absolute atomic E-state index is 12.7. The van der Waals surface area contributed by atoms with Crippen molar-refractivity contribution in [2.45, 2.75) is 31.8 Å². The highest BCUT2D eigenvalue weighted by atomic mass is 16.3. The lowest BCUT2D eigenvalue weighted by atomic mass is 9.95. The second-order valence-corrected chi connectivity index (χ2v) is 7.27. The van der Waals surface area contributed by atoms with Crippen LogP contribution in [0.25, 0.3) is 0 Å². The van der Waals surface area contributed by atoms with Crippen LogP contribution in [0.5, 0.6) is 0 Å². The Balaban J connectivity index is 1.26. The molecule has 2 aliphatic rings. The largest absolute Gasteiger partial charge is 0.467 e. The molecule has 1 atom stereocenters. The number of hydrogen-bond acceptors (Lipinski definition) is 4. The minimum atomic E-state index is -0.273. The number of carbonyl (C=O) groups excluding carboxylic acids is 3. The van der Waals surface area contributed by atoms with Gasteiger partial charge in [-0.05, 0) is 36.6 Å². The van der Waals surface area contributed by atoms with Gasteiger partial charge in [-0.2, -0.15) is 0 Å². The van der Waals surface area contributed by atoms with E-state index in [0.717, 1.165) is 11.3 Å². The summed E-state index contributed by atoms with van der Waals surface area (Å²) < 4.78 is 5.22. The Labute approximate surface area is 163 Å². The van der Waals surface area contributed by atoms with Crippen molar-refractivity contribution < 1.29 is 18.8 Å². The summed E-state index contributed by atoms with van der Waals surface area (Å²) in [6.07, 6.45) is 3.11. The number of carbonyl (C=O) groups is 3. The quantitative estimate of drug-likeness (QED) is 0.829. The molecule has 28 heavy (non-hydrogen) atoms. The standard InChI is InChI=1S/C21H23N3O4/c25-19(12-18-16-5-1-2-6-17(16)21(27)23-18)24-9-7-14(8-10-24)20(26)22-13-15-4-3-11-28-15/h1-6,11,14,18H,7-10,12-13H2,(H,22,26)(H,23,27). The Hall–Kier alpha value is -3.09. The lowest BCUT2D eigenvalue weighted by Crippen LogP contribution is -2.43. The molecule has 1 aromatic heterocycles. The molecule has 2 N–H and O–H groups in total. The zero-order valence-electron chi connectivity index (χ0n) is 15.5. The summed E-state index contributed by atoms with van der Waals surface area (Å²) in [6.45, 7) is 1.49. The molecule has 1 saturated heterocycles. The predicted octanol–water partition coefficient (Wildman–Crippen LogP) is 2.01. The van der Waals surface area contributed by atoms with Crippen molar-refractivity contribution in [1.29, 1.82) is 0 Å². The summed E-state index contributed by atoms with van der Waals surface area (Å²) >= 11 is 0. The van der Waals surface area contributed by atoms with Crippen molar-refractivity contribution in [2.75, 3.05) is 13.1 Å². The number of fused-ring (bicyclic) bond motifs is 1. The van der Waals surface area contributed by atoms with E-state index in [-0.39, 0.29) is 36.1 Å². The first kappa shape index (κ1) is 18.3. The third kappa shape index (κ3) is 3.78. The maximum Gasteiger partial charge on any atom is 0.252 e. The minimum Gasteiger partial charge on any atom is -0.467 e. The second kappa shape index (κ2) is 7.88. The zero-order chi connectivity index (χ0) is 19.5. The SMILES string of the molecule is O=C1NC(CC(=O)N2CCC(C(=O)NCc3ccco3)CC2)c2ccccc21. The number of amides is 3. The molecule has 7 heteroatoms. The Bertz CT molecular complexity index is 870. The number of piperidine rings is 1. The Kier molecular flexibility index (Phi) is 5.14. The monoisotopic (exact) mass is 381 g/mol. The van der Waals surface area contributed by atoms with Gasteiger partial charge in [0.1, 0.15) is 5.76 Å². The average Bonchev–Trinajstić information content (AvgIpc) is 3.35. The molecule has 2 aliphatic heterocycles. The fourth-order valence-corrected chi connectivity index (χ4v) is 3.91. The van der Waals surface area contributed by atoms with Gasteiger partial charge in [-0.3, -0.25) is 14.4 Å². The van der Waals surface area contributed by atoms with Crippen molar-refractivity contribution in [3.8, 4) is 0 Å². The summed E-state index contributed by atoms with van der Waals surface area (Å²) in [5.74, 6) is 0.517. The van der Waals surface area contributed by atoms with Gasteiger partial charge in [-0.25, -0.2) is 0 Å². The van der Waals surface area contributed by atoms with Crippen LogP contribution in [0.15, 0.2) is 47.1 Å². The molecule has 1 aromatic carbocycles. The second-order valence-electron chi connectivity index (χ2n) is 7.27. The van der Waals surface area contributed by atoms with E-state index < -0.39 is 0 Å². The molecule has 146 valence electrons. The molecule has 3 heterocycles. The lowest BCUT2D eigenvalue weighted by molar-refractivity contribution is -0.136. The summed E-state index contributed by atoms with van der Waals surface area (Å²) in [4.78, 5) is 38.8. The molecule has 4 rings (SSSR count). The molecule has 0 radical (unpaired) electrons. The Morgan fingerprint density at radius 1 is 1.14 bits per heavy atom. The van der Waals surface area contributed by atoms with Crippen molar-refractivity contribution >= 4 is 17.7 Å². The van der Waals surface area contributed by atoms with Crippen molar-refractivity contribution in [2.24, 2.45) is 5.92 Å². The van der Waals surface area contributed by atoms with Gasteiger partial charge in [0.05, 0.1) is 25.3 Å². The minimum absolute atomic E-state index is 0.000447. The fourth-order valence-electron chi connectivity index (χ4n) is 3.91. The average molecular weight is 381 g/mol. The Morgan fingerprint density at radius 3 is 2.68 bits per heavy atom. The number of benzene rings is 1. The first-order chi connectivity index (χ1) is 13.6. The van der Waals surface area contributed by atoms with E-state index in [1.54, 1.807) is 23.3 Å². The normalized spacial score (nSPS) is 19.2. The molecule has 0 aliphatic carbocycles. The molecular formula is C21H23N3O4. The van der Waals surface area contributed by atoms with Gasteiger partial charge in [0.15, 0.2) is 0 Å². The van der Waals surface area contributed by atoms with E-state index in [1.807, 2.05) is 24.3 Å². The van der Waals surface area contributed by atoms with E-state index in [9.17, 15) is 14.4 Å². The van der Waals surface area contributed by atoms with Gasteiger partial charge >= 0.3 is 0 Å². The summed E-state index contributed by atoms with van der Waals surface area (Å²) in [7, 11) is 0. The molecular weight excluding hydrogens is 358 g/mol.